The van der Waals surface area contributed by atoms with E-state index in [4.69, 9.17) is 10.5 Å². The van der Waals surface area contributed by atoms with Gasteiger partial charge in [0, 0.05) is 5.69 Å². The smallest absolute Gasteiger partial charge is 0.412 e. The lowest BCUT2D eigenvalue weighted by Gasteiger charge is -2.19. The third-order valence-corrected chi connectivity index (χ3v) is 4.94. The van der Waals surface area contributed by atoms with Crippen LogP contribution in [0.5, 0.6) is 5.75 Å². The van der Waals surface area contributed by atoms with E-state index >= 15 is 0 Å². The lowest BCUT2D eigenvalue weighted by atomic mass is 10.0. The molecule has 1 atom stereocenters. The molecular weight excluding hydrogens is 437 g/mol. The maximum absolute atomic E-state index is 13.9. The number of aromatic hydroxyl groups is 1. The summed E-state index contributed by atoms with van der Waals surface area (Å²) in [5.74, 6) is -1.59. The number of hydrogen-bond donors (Lipinski definition) is 4. The number of halogens is 1. The van der Waals surface area contributed by atoms with Gasteiger partial charge in [0.05, 0.1) is 11.4 Å². The van der Waals surface area contributed by atoms with Crippen molar-refractivity contribution in [3.8, 4) is 5.75 Å². The molecule has 7 nitrogen and oxygen atoms in total. The van der Waals surface area contributed by atoms with E-state index in [1.54, 1.807) is 54.6 Å². The maximum Gasteiger partial charge on any atom is 0.412 e. The zero-order valence-corrected chi connectivity index (χ0v) is 18.4. The number of allylic oxidation sites excluding steroid dienone is 1. The van der Waals surface area contributed by atoms with Crippen LogP contribution in [-0.2, 0) is 9.53 Å². The van der Waals surface area contributed by atoms with Crippen LogP contribution in [-0.4, -0.2) is 17.1 Å². The van der Waals surface area contributed by atoms with Crippen LogP contribution in [0.25, 0.3) is 0 Å². The summed E-state index contributed by atoms with van der Waals surface area (Å²) in [4.78, 5) is 24.4. The first-order valence-electron chi connectivity index (χ1n) is 10.8. The van der Waals surface area contributed by atoms with Crippen molar-refractivity contribution < 1.29 is 23.8 Å². The second-order valence-electron chi connectivity index (χ2n) is 7.51. The van der Waals surface area contributed by atoms with Crippen LogP contribution in [0.4, 0.5) is 26.2 Å². The Morgan fingerprint density at radius 1 is 1.03 bits per heavy atom. The number of hydrogen-bond acceptors (Lipinski definition) is 5. The largest absolute Gasteiger partial charge is 0.505 e. The highest BCUT2D eigenvalue weighted by atomic mass is 19.1. The van der Waals surface area contributed by atoms with Crippen molar-refractivity contribution in [1.82, 2.24) is 0 Å². The highest BCUT2D eigenvalue weighted by Crippen LogP contribution is 2.28. The van der Waals surface area contributed by atoms with E-state index in [-0.39, 0.29) is 5.91 Å². The van der Waals surface area contributed by atoms with Crippen molar-refractivity contribution in [1.29, 1.82) is 0 Å². The molecule has 0 unspecified atom stereocenters. The molecule has 0 aliphatic heterocycles. The van der Waals surface area contributed by atoms with Crippen molar-refractivity contribution in [2.24, 2.45) is 0 Å². The number of para-hydroxylation sites is 3. The molecule has 0 saturated heterocycles. The molecule has 0 saturated carbocycles. The number of carbonyl (C=O) groups excluding carboxylic acids is 2. The van der Waals surface area contributed by atoms with Crippen LogP contribution in [0.3, 0.4) is 0 Å². The minimum atomic E-state index is -0.800. The standard InChI is InChI=1S/C26H26FN3O4/c27-20-17-18(15-16-23(20)31)24(34-26(33)29-19-9-3-1-4-10-19)13-5-2-6-14-25(32)30-22-12-8-7-11-21(22)28/h1,3-4,6-12,14-17,24,31H,2,5,13,28H2,(H,29,33)(H,30,32)/b14-6+/t24-/m1/s1. The number of phenols is 1. The van der Waals surface area contributed by atoms with Gasteiger partial charge in [-0.05, 0) is 67.3 Å². The summed E-state index contributed by atoms with van der Waals surface area (Å²) >= 11 is 0. The normalized spacial score (nSPS) is 11.7. The SMILES string of the molecule is Nc1ccccc1NC(=O)/C=C/CCC[C@@H](OC(=O)Nc1ccccc1)c1ccc(O)c(F)c1. The van der Waals surface area contributed by atoms with Gasteiger partial charge in [-0.15, -0.1) is 0 Å². The van der Waals surface area contributed by atoms with Gasteiger partial charge in [-0.3, -0.25) is 10.1 Å². The van der Waals surface area contributed by atoms with Gasteiger partial charge in [0.1, 0.15) is 6.10 Å². The van der Waals surface area contributed by atoms with Gasteiger partial charge >= 0.3 is 6.09 Å². The lowest BCUT2D eigenvalue weighted by molar-refractivity contribution is -0.111. The summed E-state index contributed by atoms with van der Waals surface area (Å²) in [5, 5.41) is 14.8. The molecule has 0 heterocycles. The summed E-state index contributed by atoms with van der Waals surface area (Å²) in [7, 11) is 0. The average molecular weight is 464 g/mol. The van der Waals surface area contributed by atoms with Crippen molar-refractivity contribution in [2.45, 2.75) is 25.4 Å². The first kappa shape index (κ1) is 24.3. The summed E-state index contributed by atoms with van der Waals surface area (Å²) in [6.07, 6.45) is 3.15. The van der Waals surface area contributed by atoms with Crippen molar-refractivity contribution in [3.63, 3.8) is 0 Å². The molecule has 0 spiro atoms. The number of nitrogens with one attached hydrogen (secondary N) is 2. The zero-order chi connectivity index (χ0) is 24.3. The Labute approximate surface area is 197 Å². The Hall–Kier alpha value is -4.33. The molecule has 3 aromatic carbocycles. The Kier molecular flexibility index (Phi) is 8.62. The molecule has 0 aromatic heterocycles. The van der Waals surface area contributed by atoms with Crippen LogP contribution in [0, 0.1) is 5.82 Å². The number of nitrogens with two attached hydrogens (primary N) is 1. The van der Waals surface area contributed by atoms with E-state index in [1.165, 1.54) is 18.2 Å². The number of benzene rings is 3. The van der Waals surface area contributed by atoms with E-state index < -0.39 is 23.8 Å². The number of nitrogen functional groups attached to an aromatic ring is 1. The van der Waals surface area contributed by atoms with Crippen LogP contribution in [0.1, 0.15) is 30.9 Å². The van der Waals surface area contributed by atoms with Gasteiger partial charge in [0.25, 0.3) is 0 Å². The van der Waals surface area contributed by atoms with E-state index in [0.717, 1.165) is 6.07 Å². The molecule has 0 bridgehead atoms. The van der Waals surface area contributed by atoms with Gasteiger partial charge in [0.2, 0.25) is 5.91 Å². The summed E-state index contributed by atoms with van der Waals surface area (Å²) < 4.78 is 19.4. The monoisotopic (exact) mass is 463 g/mol. The predicted molar refractivity (Wildman–Crippen MR) is 130 cm³/mol. The quantitative estimate of drug-likeness (QED) is 0.183. The highest BCUT2D eigenvalue weighted by Gasteiger charge is 2.18. The van der Waals surface area contributed by atoms with Crippen LogP contribution < -0.4 is 16.4 Å². The first-order chi connectivity index (χ1) is 16.4. The molecule has 5 N–H and O–H groups in total. The molecule has 176 valence electrons. The fraction of sp³-hybridized carbons (Fsp3) is 0.154. The summed E-state index contributed by atoms with van der Waals surface area (Å²) in [6, 6.07) is 19.6. The van der Waals surface area contributed by atoms with Crippen LogP contribution >= 0.6 is 0 Å². The second kappa shape index (κ2) is 12.1. The molecule has 0 radical (unpaired) electrons. The molecule has 8 heteroatoms. The molecule has 0 aliphatic carbocycles. The van der Waals surface area contributed by atoms with Gasteiger partial charge in [-0.2, -0.15) is 0 Å². The molecule has 0 fully saturated rings. The number of phenolic OH excluding ortho intramolecular Hbond substituents is 1. The number of unbranched alkanes of at least 4 members (excludes halogenated alkanes) is 1. The zero-order valence-electron chi connectivity index (χ0n) is 18.4. The van der Waals surface area contributed by atoms with Gasteiger partial charge in [-0.1, -0.05) is 42.5 Å². The number of anilines is 3. The molecule has 0 aliphatic rings. The summed E-state index contributed by atoms with van der Waals surface area (Å²) in [5.41, 5.74) is 7.80. The lowest BCUT2D eigenvalue weighted by Crippen LogP contribution is -2.17. The minimum Gasteiger partial charge on any atom is -0.505 e. The Morgan fingerprint density at radius 3 is 2.50 bits per heavy atom. The average Bonchev–Trinajstić information content (AvgIpc) is 2.82. The van der Waals surface area contributed by atoms with E-state index in [2.05, 4.69) is 10.6 Å². The second-order valence-corrected chi connectivity index (χ2v) is 7.51. The third-order valence-electron chi connectivity index (χ3n) is 4.94. The maximum atomic E-state index is 13.9. The van der Waals surface area contributed by atoms with Gasteiger partial charge < -0.3 is 20.9 Å². The highest BCUT2D eigenvalue weighted by molar-refractivity contribution is 6.01. The topological polar surface area (TPSA) is 114 Å². The number of amides is 2. The molecule has 2 amide bonds. The predicted octanol–water partition coefficient (Wildman–Crippen LogP) is 5.77. The van der Waals surface area contributed by atoms with Gasteiger partial charge in [0.15, 0.2) is 11.6 Å². The molecule has 34 heavy (non-hydrogen) atoms. The fourth-order valence-electron chi connectivity index (χ4n) is 3.21. The molecular formula is C26H26FN3O4. The number of rotatable bonds is 9. The van der Waals surface area contributed by atoms with Crippen molar-refractivity contribution >= 4 is 29.1 Å². The summed E-state index contributed by atoms with van der Waals surface area (Å²) in [6.45, 7) is 0. The molecule has 3 rings (SSSR count). The third kappa shape index (κ3) is 7.37. The number of carbonyl (C=O) groups is 2. The van der Waals surface area contributed by atoms with E-state index in [9.17, 15) is 19.1 Å². The van der Waals surface area contributed by atoms with Crippen molar-refractivity contribution in [3.05, 3.63) is 96.3 Å². The Morgan fingerprint density at radius 2 is 1.76 bits per heavy atom. The molecule has 3 aromatic rings. The van der Waals surface area contributed by atoms with Crippen molar-refractivity contribution in [2.75, 3.05) is 16.4 Å². The van der Waals surface area contributed by atoms with E-state index in [0.29, 0.717) is 41.9 Å². The van der Waals surface area contributed by atoms with Gasteiger partial charge in [-0.25, -0.2) is 9.18 Å². The Bertz CT molecular complexity index is 1150. The minimum absolute atomic E-state index is 0.312. The fourth-order valence-corrected chi connectivity index (χ4v) is 3.21. The number of ether oxygens (including phenoxy) is 1. The van der Waals surface area contributed by atoms with Crippen LogP contribution in [0.2, 0.25) is 0 Å². The van der Waals surface area contributed by atoms with Crippen LogP contribution in [0.15, 0.2) is 84.9 Å². The Balaban J connectivity index is 1.57. The van der Waals surface area contributed by atoms with E-state index in [1.807, 2.05) is 6.07 Å². The first-order valence-corrected chi connectivity index (χ1v) is 10.8.